The Kier molecular flexibility index (Phi) is 3.69. The van der Waals surface area contributed by atoms with Crippen molar-refractivity contribution in [1.29, 1.82) is 0 Å². The first kappa shape index (κ1) is 11.2. The van der Waals surface area contributed by atoms with Crippen LogP contribution in [0.5, 0.6) is 0 Å². The summed E-state index contributed by atoms with van der Waals surface area (Å²) < 4.78 is 0. The van der Waals surface area contributed by atoms with Crippen LogP contribution >= 0.6 is 11.6 Å². The smallest absolute Gasteiger partial charge is 0.148 e. The summed E-state index contributed by atoms with van der Waals surface area (Å²) in [5, 5.41) is 11.1. The van der Waals surface area contributed by atoms with Crippen LogP contribution in [0, 0.1) is 12.3 Å². The Hall–Kier alpha value is -0.830. The second-order valence-electron chi connectivity index (χ2n) is 4.27. The van der Waals surface area contributed by atoms with Crippen molar-refractivity contribution < 1.29 is 0 Å². The average molecular weight is 214 g/mol. The van der Waals surface area contributed by atoms with E-state index in [-0.39, 0.29) is 5.41 Å². The lowest BCUT2D eigenvalue weighted by Gasteiger charge is -2.21. The molecule has 0 aliphatic heterocycles. The minimum absolute atomic E-state index is 0.0764. The zero-order chi connectivity index (χ0) is 10.6. The Bertz CT molecular complexity index is 299. The van der Waals surface area contributed by atoms with Crippen LogP contribution < -0.4 is 5.32 Å². The van der Waals surface area contributed by atoms with E-state index >= 15 is 0 Å². The molecule has 0 aliphatic carbocycles. The van der Waals surface area contributed by atoms with Crippen LogP contribution in [0.15, 0.2) is 12.3 Å². The number of alkyl halides is 1. The van der Waals surface area contributed by atoms with Gasteiger partial charge in [0.1, 0.15) is 5.82 Å². The molecule has 0 radical (unpaired) electrons. The summed E-state index contributed by atoms with van der Waals surface area (Å²) in [6.45, 7) is 7.01. The maximum absolute atomic E-state index is 5.81. The summed E-state index contributed by atoms with van der Waals surface area (Å²) in [6, 6.07) is 1.97. The fraction of sp³-hybridized carbons (Fsp3) is 0.600. The minimum atomic E-state index is 0.0764. The minimum Gasteiger partial charge on any atom is -0.368 e. The second-order valence-corrected chi connectivity index (χ2v) is 4.54. The third-order valence-corrected chi connectivity index (χ3v) is 2.62. The van der Waals surface area contributed by atoms with Crippen molar-refractivity contribution in [3.63, 3.8) is 0 Å². The van der Waals surface area contributed by atoms with Crippen LogP contribution in [-0.2, 0) is 0 Å². The molecule has 0 saturated heterocycles. The predicted molar refractivity (Wildman–Crippen MR) is 59.8 cm³/mol. The Morgan fingerprint density at radius 3 is 2.79 bits per heavy atom. The molecule has 1 aromatic rings. The number of aryl methyl sites for hydroxylation is 1. The van der Waals surface area contributed by atoms with E-state index in [1.807, 2.05) is 13.0 Å². The zero-order valence-corrected chi connectivity index (χ0v) is 9.60. The van der Waals surface area contributed by atoms with Crippen molar-refractivity contribution in [2.75, 3.05) is 17.7 Å². The summed E-state index contributed by atoms with van der Waals surface area (Å²) in [4.78, 5) is 0. The van der Waals surface area contributed by atoms with Gasteiger partial charge in [0, 0.05) is 12.4 Å². The van der Waals surface area contributed by atoms with Crippen LogP contribution in [-0.4, -0.2) is 22.6 Å². The lowest BCUT2D eigenvalue weighted by molar-refractivity contribution is 0.449. The van der Waals surface area contributed by atoms with Crippen LogP contribution in [0.2, 0.25) is 0 Å². The summed E-state index contributed by atoms with van der Waals surface area (Å²) in [6.07, 6.45) is 1.73. The molecule has 14 heavy (non-hydrogen) atoms. The summed E-state index contributed by atoms with van der Waals surface area (Å²) in [5.41, 5.74) is 1.18. The van der Waals surface area contributed by atoms with Gasteiger partial charge in [0.15, 0.2) is 0 Å². The van der Waals surface area contributed by atoms with Crippen molar-refractivity contribution in [3.8, 4) is 0 Å². The Morgan fingerprint density at radius 2 is 2.21 bits per heavy atom. The zero-order valence-electron chi connectivity index (χ0n) is 8.84. The number of rotatable bonds is 4. The third-order valence-electron chi connectivity index (χ3n) is 1.90. The van der Waals surface area contributed by atoms with E-state index < -0.39 is 0 Å². The summed E-state index contributed by atoms with van der Waals surface area (Å²) >= 11 is 5.81. The number of halogens is 1. The Labute approximate surface area is 89.9 Å². The molecule has 0 atom stereocenters. The van der Waals surface area contributed by atoms with Crippen molar-refractivity contribution >= 4 is 17.4 Å². The second kappa shape index (κ2) is 4.60. The topological polar surface area (TPSA) is 37.8 Å². The lowest BCUT2D eigenvalue weighted by atomic mass is 9.97. The van der Waals surface area contributed by atoms with Crippen molar-refractivity contribution in [1.82, 2.24) is 10.2 Å². The number of nitrogens with zero attached hydrogens (tertiary/aromatic N) is 2. The van der Waals surface area contributed by atoms with Crippen LogP contribution in [0.3, 0.4) is 0 Å². The fourth-order valence-electron chi connectivity index (χ4n) is 0.927. The average Bonchev–Trinajstić information content (AvgIpc) is 2.15. The molecule has 0 saturated carbocycles. The van der Waals surface area contributed by atoms with E-state index in [1.54, 1.807) is 6.20 Å². The molecule has 0 amide bonds. The number of aromatic nitrogens is 2. The van der Waals surface area contributed by atoms with E-state index in [1.165, 1.54) is 0 Å². The first-order chi connectivity index (χ1) is 6.53. The van der Waals surface area contributed by atoms with Gasteiger partial charge < -0.3 is 5.32 Å². The highest BCUT2D eigenvalue weighted by atomic mass is 35.5. The summed E-state index contributed by atoms with van der Waals surface area (Å²) in [5.74, 6) is 1.43. The van der Waals surface area contributed by atoms with E-state index in [0.717, 1.165) is 17.9 Å². The van der Waals surface area contributed by atoms with Crippen molar-refractivity contribution in [3.05, 3.63) is 17.8 Å². The lowest BCUT2D eigenvalue weighted by Crippen LogP contribution is -2.25. The van der Waals surface area contributed by atoms with Gasteiger partial charge in [-0.25, -0.2) is 0 Å². The van der Waals surface area contributed by atoms with E-state index in [2.05, 4.69) is 29.4 Å². The van der Waals surface area contributed by atoms with Gasteiger partial charge in [-0.2, -0.15) is 5.10 Å². The van der Waals surface area contributed by atoms with E-state index in [4.69, 9.17) is 11.6 Å². The molecule has 1 rings (SSSR count). The Morgan fingerprint density at radius 1 is 1.50 bits per heavy atom. The molecule has 3 nitrogen and oxygen atoms in total. The molecule has 1 aromatic heterocycles. The van der Waals surface area contributed by atoms with E-state index in [9.17, 15) is 0 Å². The van der Waals surface area contributed by atoms with Crippen molar-refractivity contribution in [2.24, 2.45) is 5.41 Å². The van der Waals surface area contributed by atoms with Crippen LogP contribution in [0.1, 0.15) is 19.4 Å². The molecule has 0 fully saturated rings. The van der Waals surface area contributed by atoms with E-state index in [0.29, 0.717) is 5.88 Å². The fourth-order valence-corrected chi connectivity index (χ4v) is 1.02. The molecule has 0 spiro atoms. The maximum Gasteiger partial charge on any atom is 0.148 e. The molecule has 0 aromatic carbocycles. The first-order valence-electron chi connectivity index (χ1n) is 4.63. The van der Waals surface area contributed by atoms with Crippen molar-refractivity contribution in [2.45, 2.75) is 20.8 Å². The van der Waals surface area contributed by atoms with Gasteiger partial charge in [-0.1, -0.05) is 13.8 Å². The van der Waals surface area contributed by atoms with Crippen LogP contribution in [0.25, 0.3) is 0 Å². The number of nitrogens with one attached hydrogen (secondary N) is 1. The van der Waals surface area contributed by atoms with Crippen LogP contribution in [0.4, 0.5) is 5.82 Å². The molecular formula is C10H16ClN3. The van der Waals surface area contributed by atoms with Gasteiger partial charge in [0.05, 0.1) is 6.20 Å². The first-order valence-corrected chi connectivity index (χ1v) is 5.16. The number of hydrogen-bond acceptors (Lipinski definition) is 3. The molecule has 1 heterocycles. The van der Waals surface area contributed by atoms with Gasteiger partial charge >= 0.3 is 0 Å². The maximum atomic E-state index is 5.81. The van der Waals surface area contributed by atoms with Gasteiger partial charge in [-0.15, -0.1) is 16.7 Å². The monoisotopic (exact) mass is 213 g/mol. The molecule has 4 heteroatoms. The molecule has 0 bridgehead atoms. The number of hydrogen-bond donors (Lipinski definition) is 1. The largest absolute Gasteiger partial charge is 0.368 e. The highest BCUT2D eigenvalue weighted by Crippen LogP contribution is 2.17. The molecule has 1 N–H and O–H groups in total. The third kappa shape index (κ3) is 3.50. The SMILES string of the molecule is Cc1cnnc(NCC(C)(C)CCl)c1. The molecular weight excluding hydrogens is 198 g/mol. The Balaban J connectivity index is 2.54. The highest BCUT2D eigenvalue weighted by Gasteiger charge is 2.15. The van der Waals surface area contributed by atoms with Gasteiger partial charge in [-0.05, 0) is 24.0 Å². The molecule has 0 unspecified atom stereocenters. The van der Waals surface area contributed by atoms with Gasteiger partial charge in [-0.3, -0.25) is 0 Å². The normalized spacial score (nSPS) is 11.4. The molecule has 0 aliphatic rings. The number of anilines is 1. The van der Waals surface area contributed by atoms with Gasteiger partial charge in [0.25, 0.3) is 0 Å². The van der Waals surface area contributed by atoms with Gasteiger partial charge in [0.2, 0.25) is 0 Å². The summed E-state index contributed by atoms with van der Waals surface area (Å²) in [7, 11) is 0. The predicted octanol–water partition coefficient (Wildman–Crippen LogP) is 2.46. The quantitative estimate of drug-likeness (QED) is 0.781. The highest BCUT2D eigenvalue weighted by molar-refractivity contribution is 6.18. The standard InChI is InChI=1S/C10H16ClN3/c1-8-4-9(14-13-5-8)12-7-10(2,3)6-11/h4-5H,6-7H2,1-3H3,(H,12,14). The molecule has 78 valence electrons.